The van der Waals surface area contributed by atoms with Gasteiger partial charge < -0.3 is 5.32 Å². The lowest BCUT2D eigenvalue weighted by Gasteiger charge is -2.22. The van der Waals surface area contributed by atoms with Crippen molar-refractivity contribution >= 4 is 58.3 Å². The minimum absolute atomic E-state index is 0.325. The van der Waals surface area contributed by atoms with Crippen molar-refractivity contribution in [3.05, 3.63) is 98.8 Å². The number of nitrogens with zero attached hydrogens (tertiary/aromatic N) is 3. The molecule has 1 aromatic heterocycles. The first kappa shape index (κ1) is 21.4. The molecule has 2 amide bonds. The fraction of sp³-hybridized carbons (Fsp3) is 0.0870. The maximum Gasteiger partial charge on any atom is 0.342 e. The van der Waals surface area contributed by atoms with Crippen molar-refractivity contribution in [3.63, 3.8) is 0 Å². The van der Waals surface area contributed by atoms with Crippen molar-refractivity contribution in [1.29, 1.82) is 0 Å². The zero-order valence-corrected chi connectivity index (χ0v) is 18.5. The summed E-state index contributed by atoms with van der Waals surface area (Å²) in [5, 5.41) is 9.39. The average Bonchev–Trinajstić information content (AvgIpc) is 2.77. The van der Waals surface area contributed by atoms with Crippen LogP contribution >= 0.6 is 34.8 Å². The topological polar surface area (TPSA) is 57.6 Å². The number of benzene rings is 2. The van der Waals surface area contributed by atoms with Crippen LogP contribution in [0.4, 0.5) is 10.5 Å². The largest absolute Gasteiger partial charge is 0.342 e. The number of hydrazone groups is 1. The average molecular weight is 472 g/mol. The van der Waals surface area contributed by atoms with Crippen LogP contribution in [0.5, 0.6) is 0 Å². The van der Waals surface area contributed by atoms with Crippen LogP contribution in [0.25, 0.3) is 5.57 Å². The molecule has 156 valence electrons. The zero-order chi connectivity index (χ0) is 22.0. The lowest BCUT2D eigenvalue weighted by molar-refractivity contribution is 0.247. The summed E-state index contributed by atoms with van der Waals surface area (Å²) in [6.45, 7) is 4.55. The highest BCUT2D eigenvalue weighted by atomic mass is 35.5. The van der Waals surface area contributed by atoms with Gasteiger partial charge in [-0.3, -0.25) is 0 Å². The molecule has 0 aliphatic carbocycles. The van der Waals surface area contributed by atoms with Gasteiger partial charge in [-0.2, -0.15) is 10.1 Å². The Morgan fingerprint density at radius 1 is 1.03 bits per heavy atom. The molecule has 0 unspecified atom stereocenters. The van der Waals surface area contributed by atoms with Crippen LogP contribution in [-0.2, 0) is 6.42 Å². The van der Waals surface area contributed by atoms with Gasteiger partial charge in [-0.15, -0.1) is 0 Å². The third-order valence-corrected chi connectivity index (χ3v) is 5.76. The van der Waals surface area contributed by atoms with Gasteiger partial charge in [0.05, 0.1) is 12.2 Å². The molecule has 0 saturated carbocycles. The Bertz CT molecular complexity index is 1150. The van der Waals surface area contributed by atoms with Gasteiger partial charge in [0.2, 0.25) is 0 Å². The second-order valence-electron chi connectivity index (χ2n) is 6.91. The standard InChI is InChI=1S/C23H17Cl3N4O/c1-14(17-6-7-22(26)28-13-17)16-4-2-15(3-5-16)10-19-20(24)11-18(12-21(19)25)30-23(31)27-8-9-29-30/h2-7,9,11-13H,1,8,10H2,(H,27,31). The number of carbonyl (C=O) groups is 1. The van der Waals surface area contributed by atoms with Crippen LogP contribution in [-0.4, -0.2) is 23.8 Å². The number of rotatable bonds is 5. The summed E-state index contributed by atoms with van der Waals surface area (Å²) in [5.41, 5.74) is 5.07. The number of amides is 2. The third kappa shape index (κ3) is 4.74. The first-order valence-corrected chi connectivity index (χ1v) is 10.5. The number of hydrogen-bond acceptors (Lipinski definition) is 3. The molecule has 1 aliphatic rings. The third-order valence-electron chi connectivity index (χ3n) is 4.86. The molecule has 3 aromatic rings. The van der Waals surface area contributed by atoms with Crippen LogP contribution in [0, 0.1) is 0 Å². The highest BCUT2D eigenvalue weighted by Gasteiger charge is 2.20. The number of pyridine rings is 1. The van der Waals surface area contributed by atoms with E-state index in [1.165, 1.54) is 5.01 Å². The lowest BCUT2D eigenvalue weighted by Crippen LogP contribution is -2.41. The molecule has 2 aromatic carbocycles. The summed E-state index contributed by atoms with van der Waals surface area (Å²) in [5.74, 6) is 0. The van der Waals surface area contributed by atoms with Gasteiger partial charge in [-0.25, -0.2) is 9.78 Å². The van der Waals surface area contributed by atoms with Gasteiger partial charge in [0.15, 0.2) is 0 Å². The summed E-state index contributed by atoms with van der Waals surface area (Å²) in [6.07, 6.45) is 3.85. The van der Waals surface area contributed by atoms with Crippen LogP contribution in [0.1, 0.15) is 22.3 Å². The number of halogens is 3. The second-order valence-corrected chi connectivity index (χ2v) is 8.11. The molecule has 0 atom stereocenters. The molecule has 4 rings (SSSR count). The quantitative estimate of drug-likeness (QED) is 0.450. The Labute approximate surface area is 195 Å². The van der Waals surface area contributed by atoms with Crippen molar-refractivity contribution in [2.75, 3.05) is 11.6 Å². The number of nitrogens with one attached hydrogen (secondary N) is 1. The summed E-state index contributed by atoms with van der Waals surface area (Å²) in [4.78, 5) is 16.1. The van der Waals surface area contributed by atoms with Gasteiger partial charge in [0.25, 0.3) is 0 Å². The maximum absolute atomic E-state index is 12.0. The number of hydrogen-bond donors (Lipinski definition) is 1. The Balaban J connectivity index is 1.53. The van der Waals surface area contributed by atoms with E-state index in [0.717, 1.165) is 27.8 Å². The van der Waals surface area contributed by atoms with E-state index in [1.54, 1.807) is 30.6 Å². The highest BCUT2D eigenvalue weighted by molar-refractivity contribution is 6.36. The Morgan fingerprint density at radius 2 is 1.71 bits per heavy atom. The lowest BCUT2D eigenvalue weighted by atomic mass is 9.98. The minimum atomic E-state index is -0.325. The molecule has 2 heterocycles. The molecular formula is C23H17Cl3N4O. The number of anilines is 1. The highest BCUT2D eigenvalue weighted by Crippen LogP contribution is 2.33. The van der Waals surface area contributed by atoms with Crippen LogP contribution in [0.3, 0.4) is 0 Å². The molecular weight excluding hydrogens is 455 g/mol. The van der Waals surface area contributed by atoms with Crippen molar-refractivity contribution in [2.24, 2.45) is 5.10 Å². The van der Waals surface area contributed by atoms with Gasteiger partial charge in [-0.1, -0.05) is 65.6 Å². The predicted octanol–water partition coefficient (Wildman–Crippen LogP) is 6.21. The number of urea groups is 1. The number of carbonyl (C=O) groups excluding carboxylic acids is 1. The fourth-order valence-electron chi connectivity index (χ4n) is 3.20. The van der Waals surface area contributed by atoms with E-state index in [-0.39, 0.29) is 6.03 Å². The fourth-order valence-corrected chi connectivity index (χ4v) is 3.92. The summed E-state index contributed by atoms with van der Waals surface area (Å²) < 4.78 is 0. The van der Waals surface area contributed by atoms with Crippen molar-refractivity contribution in [1.82, 2.24) is 10.3 Å². The summed E-state index contributed by atoms with van der Waals surface area (Å²) in [6, 6.07) is 14.7. The molecule has 5 nitrogen and oxygen atoms in total. The van der Waals surface area contributed by atoms with Crippen LogP contribution in [0.15, 0.2) is 66.4 Å². The van der Waals surface area contributed by atoms with Gasteiger partial charge in [0.1, 0.15) is 5.15 Å². The van der Waals surface area contributed by atoms with Crippen LogP contribution in [0.2, 0.25) is 15.2 Å². The van der Waals surface area contributed by atoms with E-state index in [1.807, 2.05) is 30.3 Å². The SMILES string of the molecule is C=C(c1ccc(Cc2c(Cl)cc(N3N=CCNC3=O)cc2Cl)cc1)c1ccc(Cl)nc1. The van der Waals surface area contributed by atoms with E-state index in [4.69, 9.17) is 34.8 Å². The van der Waals surface area contributed by atoms with E-state index in [2.05, 4.69) is 22.0 Å². The Kier molecular flexibility index (Phi) is 6.28. The first-order valence-electron chi connectivity index (χ1n) is 9.41. The second kappa shape index (κ2) is 9.10. The molecule has 0 radical (unpaired) electrons. The molecule has 8 heteroatoms. The molecule has 0 bridgehead atoms. The van der Waals surface area contributed by atoms with Gasteiger partial charge >= 0.3 is 6.03 Å². The van der Waals surface area contributed by atoms with Crippen molar-refractivity contribution in [2.45, 2.75) is 6.42 Å². The summed E-state index contributed by atoms with van der Waals surface area (Å²) in [7, 11) is 0. The summed E-state index contributed by atoms with van der Waals surface area (Å²) >= 11 is 18.9. The monoisotopic (exact) mass is 470 g/mol. The van der Waals surface area contributed by atoms with Gasteiger partial charge in [-0.05, 0) is 46.5 Å². The van der Waals surface area contributed by atoms with Crippen molar-refractivity contribution in [3.8, 4) is 0 Å². The smallest absolute Gasteiger partial charge is 0.331 e. The van der Waals surface area contributed by atoms with Crippen molar-refractivity contribution < 1.29 is 4.79 Å². The van der Waals surface area contributed by atoms with E-state index in [0.29, 0.717) is 33.9 Å². The molecule has 1 N–H and O–H groups in total. The van der Waals surface area contributed by atoms with E-state index < -0.39 is 0 Å². The Morgan fingerprint density at radius 3 is 2.32 bits per heavy atom. The normalized spacial score (nSPS) is 13.3. The first-order chi connectivity index (χ1) is 14.9. The molecule has 1 aliphatic heterocycles. The molecule has 31 heavy (non-hydrogen) atoms. The Hall–Kier alpha value is -2.86. The maximum atomic E-state index is 12.0. The number of aromatic nitrogens is 1. The van der Waals surface area contributed by atoms with Gasteiger partial charge in [0, 0.05) is 34.4 Å². The predicted molar refractivity (Wildman–Crippen MR) is 127 cm³/mol. The molecule has 0 spiro atoms. The molecule has 0 fully saturated rings. The molecule has 0 saturated heterocycles. The minimum Gasteiger partial charge on any atom is -0.331 e. The van der Waals surface area contributed by atoms with E-state index in [9.17, 15) is 4.79 Å². The van der Waals surface area contributed by atoms with Crippen LogP contribution < -0.4 is 10.3 Å². The zero-order valence-electron chi connectivity index (χ0n) is 16.3. The van der Waals surface area contributed by atoms with E-state index >= 15 is 0 Å².